The molecule has 0 radical (unpaired) electrons. The standard InChI is InChI=1S/C19H30N4/c1-6-7-13-23-18(15-22(4)5)17(14-21(2)3)20-19(23)16-11-9-8-10-12-16/h8-12H,6-7,13-15H2,1-5H3. The second kappa shape index (κ2) is 8.27. The van der Waals surface area contributed by atoms with Gasteiger partial charge in [0.25, 0.3) is 0 Å². The molecule has 0 aliphatic rings. The molecule has 2 aromatic rings. The summed E-state index contributed by atoms with van der Waals surface area (Å²) in [5, 5.41) is 0. The Bertz CT molecular complexity index is 599. The highest BCUT2D eigenvalue weighted by Gasteiger charge is 2.18. The van der Waals surface area contributed by atoms with E-state index in [0.29, 0.717) is 0 Å². The molecule has 2 rings (SSSR count). The molecule has 0 fully saturated rings. The number of hydrogen-bond acceptors (Lipinski definition) is 3. The minimum atomic E-state index is 0.877. The van der Waals surface area contributed by atoms with Gasteiger partial charge in [0, 0.05) is 25.2 Å². The van der Waals surface area contributed by atoms with Gasteiger partial charge >= 0.3 is 0 Å². The summed E-state index contributed by atoms with van der Waals surface area (Å²) in [4.78, 5) is 9.45. The van der Waals surface area contributed by atoms with Crippen LogP contribution in [-0.2, 0) is 19.6 Å². The number of rotatable bonds is 8. The average Bonchev–Trinajstić information content (AvgIpc) is 2.82. The molecule has 0 amide bonds. The van der Waals surface area contributed by atoms with Crippen LogP contribution in [-0.4, -0.2) is 47.5 Å². The van der Waals surface area contributed by atoms with Crippen molar-refractivity contribution in [2.24, 2.45) is 0 Å². The van der Waals surface area contributed by atoms with E-state index >= 15 is 0 Å². The Morgan fingerprint density at radius 3 is 2.17 bits per heavy atom. The van der Waals surface area contributed by atoms with E-state index in [1.165, 1.54) is 29.8 Å². The van der Waals surface area contributed by atoms with Gasteiger partial charge in [-0.1, -0.05) is 43.7 Å². The average molecular weight is 314 g/mol. The van der Waals surface area contributed by atoms with E-state index in [9.17, 15) is 0 Å². The molecular weight excluding hydrogens is 284 g/mol. The van der Waals surface area contributed by atoms with Gasteiger partial charge in [0.2, 0.25) is 0 Å². The number of imidazole rings is 1. The SMILES string of the molecule is CCCCn1c(-c2ccccc2)nc(CN(C)C)c1CN(C)C. The van der Waals surface area contributed by atoms with Gasteiger partial charge in [0.15, 0.2) is 0 Å². The normalized spacial score (nSPS) is 11.6. The van der Waals surface area contributed by atoms with Gasteiger partial charge < -0.3 is 14.4 Å². The van der Waals surface area contributed by atoms with Gasteiger partial charge in [0.05, 0.1) is 11.4 Å². The van der Waals surface area contributed by atoms with E-state index in [0.717, 1.165) is 25.5 Å². The van der Waals surface area contributed by atoms with Crippen LogP contribution in [0.4, 0.5) is 0 Å². The highest BCUT2D eigenvalue weighted by molar-refractivity contribution is 5.57. The molecule has 0 atom stereocenters. The van der Waals surface area contributed by atoms with E-state index in [-0.39, 0.29) is 0 Å². The predicted molar refractivity (Wildman–Crippen MR) is 97.4 cm³/mol. The summed E-state index contributed by atoms with van der Waals surface area (Å²) in [5.41, 5.74) is 3.74. The second-order valence-corrected chi connectivity index (χ2v) is 6.68. The van der Waals surface area contributed by atoms with E-state index < -0.39 is 0 Å². The molecule has 0 aliphatic heterocycles. The molecule has 126 valence electrons. The maximum atomic E-state index is 5.02. The van der Waals surface area contributed by atoms with Crippen molar-refractivity contribution in [3.05, 3.63) is 41.7 Å². The quantitative estimate of drug-likeness (QED) is 0.745. The zero-order chi connectivity index (χ0) is 16.8. The lowest BCUT2D eigenvalue weighted by Crippen LogP contribution is -2.19. The van der Waals surface area contributed by atoms with Crippen molar-refractivity contribution in [2.45, 2.75) is 39.4 Å². The Morgan fingerprint density at radius 1 is 0.957 bits per heavy atom. The molecule has 0 saturated carbocycles. The van der Waals surface area contributed by atoms with Crippen LogP contribution in [0.3, 0.4) is 0 Å². The van der Waals surface area contributed by atoms with E-state index in [2.05, 4.69) is 79.8 Å². The summed E-state index contributed by atoms with van der Waals surface area (Å²) in [6.07, 6.45) is 2.37. The molecule has 0 aliphatic carbocycles. The molecular formula is C19H30N4. The van der Waals surface area contributed by atoms with Crippen LogP contribution >= 0.6 is 0 Å². The van der Waals surface area contributed by atoms with Crippen molar-refractivity contribution in [1.82, 2.24) is 19.4 Å². The van der Waals surface area contributed by atoms with Gasteiger partial charge in [-0.2, -0.15) is 0 Å². The van der Waals surface area contributed by atoms with E-state index in [1.807, 2.05) is 0 Å². The van der Waals surface area contributed by atoms with Crippen molar-refractivity contribution in [2.75, 3.05) is 28.2 Å². The lowest BCUT2D eigenvalue weighted by molar-refractivity contribution is 0.367. The molecule has 23 heavy (non-hydrogen) atoms. The summed E-state index contributed by atoms with van der Waals surface area (Å²) < 4.78 is 2.43. The molecule has 1 aromatic carbocycles. The maximum absolute atomic E-state index is 5.02. The fraction of sp³-hybridized carbons (Fsp3) is 0.526. The summed E-state index contributed by atoms with van der Waals surface area (Å²) >= 11 is 0. The van der Waals surface area contributed by atoms with Crippen LogP contribution in [0.25, 0.3) is 11.4 Å². The summed E-state index contributed by atoms with van der Waals surface area (Å²) in [6, 6.07) is 10.6. The number of unbranched alkanes of at least 4 members (excludes halogenated alkanes) is 1. The number of nitrogens with zero attached hydrogens (tertiary/aromatic N) is 4. The van der Waals surface area contributed by atoms with Gasteiger partial charge in [-0.05, 0) is 34.6 Å². The second-order valence-electron chi connectivity index (χ2n) is 6.68. The van der Waals surface area contributed by atoms with Crippen molar-refractivity contribution < 1.29 is 0 Å². The Labute approximate surface area is 140 Å². The molecule has 0 N–H and O–H groups in total. The number of benzene rings is 1. The highest BCUT2D eigenvalue weighted by Crippen LogP contribution is 2.25. The molecule has 0 unspecified atom stereocenters. The largest absolute Gasteiger partial charge is 0.327 e. The molecule has 4 heteroatoms. The zero-order valence-corrected chi connectivity index (χ0v) is 15.2. The highest BCUT2D eigenvalue weighted by atomic mass is 15.2. The van der Waals surface area contributed by atoms with Crippen LogP contribution in [0.2, 0.25) is 0 Å². The molecule has 4 nitrogen and oxygen atoms in total. The summed E-state index contributed by atoms with van der Waals surface area (Å²) in [5.74, 6) is 1.10. The zero-order valence-electron chi connectivity index (χ0n) is 15.2. The van der Waals surface area contributed by atoms with Gasteiger partial charge in [-0.3, -0.25) is 0 Å². The maximum Gasteiger partial charge on any atom is 0.140 e. The van der Waals surface area contributed by atoms with Crippen molar-refractivity contribution in [3.8, 4) is 11.4 Å². The Kier molecular flexibility index (Phi) is 6.37. The Morgan fingerprint density at radius 2 is 1.61 bits per heavy atom. The molecule has 0 bridgehead atoms. The Hall–Kier alpha value is -1.65. The van der Waals surface area contributed by atoms with Crippen molar-refractivity contribution in [3.63, 3.8) is 0 Å². The minimum Gasteiger partial charge on any atom is -0.327 e. The van der Waals surface area contributed by atoms with E-state index in [4.69, 9.17) is 4.98 Å². The summed E-state index contributed by atoms with van der Waals surface area (Å²) in [6.45, 7) is 5.07. The van der Waals surface area contributed by atoms with Crippen LogP contribution < -0.4 is 0 Å². The van der Waals surface area contributed by atoms with Crippen LogP contribution in [0.1, 0.15) is 31.2 Å². The van der Waals surface area contributed by atoms with Gasteiger partial charge in [-0.15, -0.1) is 0 Å². The number of hydrogen-bond donors (Lipinski definition) is 0. The van der Waals surface area contributed by atoms with Crippen molar-refractivity contribution >= 4 is 0 Å². The van der Waals surface area contributed by atoms with Crippen LogP contribution in [0.5, 0.6) is 0 Å². The van der Waals surface area contributed by atoms with Crippen molar-refractivity contribution in [1.29, 1.82) is 0 Å². The molecule has 1 aromatic heterocycles. The third kappa shape index (κ3) is 4.66. The first kappa shape index (κ1) is 17.7. The predicted octanol–water partition coefficient (Wildman–Crippen LogP) is 3.47. The third-order valence-electron chi connectivity index (χ3n) is 3.85. The molecule has 0 saturated heterocycles. The smallest absolute Gasteiger partial charge is 0.140 e. The molecule has 0 spiro atoms. The van der Waals surface area contributed by atoms with Gasteiger partial charge in [-0.25, -0.2) is 4.98 Å². The van der Waals surface area contributed by atoms with Crippen LogP contribution in [0.15, 0.2) is 30.3 Å². The fourth-order valence-electron chi connectivity index (χ4n) is 2.80. The lowest BCUT2D eigenvalue weighted by Gasteiger charge is -2.17. The first-order chi connectivity index (χ1) is 11.0. The fourth-order valence-corrected chi connectivity index (χ4v) is 2.80. The summed E-state index contributed by atoms with van der Waals surface area (Å²) in [7, 11) is 8.46. The topological polar surface area (TPSA) is 24.3 Å². The first-order valence-electron chi connectivity index (χ1n) is 8.46. The third-order valence-corrected chi connectivity index (χ3v) is 3.85. The van der Waals surface area contributed by atoms with Crippen LogP contribution in [0, 0.1) is 0 Å². The molecule has 1 heterocycles. The van der Waals surface area contributed by atoms with E-state index in [1.54, 1.807) is 0 Å². The monoisotopic (exact) mass is 314 g/mol. The minimum absolute atomic E-state index is 0.877. The first-order valence-corrected chi connectivity index (χ1v) is 8.46. The lowest BCUT2D eigenvalue weighted by atomic mass is 10.2. The number of aromatic nitrogens is 2. The van der Waals surface area contributed by atoms with Gasteiger partial charge in [0.1, 0.15) is 5.82 Å². The Balaban J connectivity index is 2.52.